The fourth-order valence-electron chi connectivity index (χ4n) is 3.28. The Bertz CT molecular complexity index is 267. The average Bonchev–Trinajstić information content (AvgIpc) is 2.26. The first-order valence-electron chi connectivity index (χ1n) is 7.49. The standard InChI is InChI=1S/C14H28N2O3/c1-11-6-16(7-12(2)19-11)10-14(18)9-15-5-3-4-13(17)8-15/h11-14,17-18H,3-10H2,1-2H3. The summed E-state index contributed by atoms with van der Waals surface area (Å²) in [5.74, 6) is 0. The number of morpholine rings is 1. The molecule has 2 saturated heterocycles. The van der Waals surface area contributed by atoms with Crippen molar-refractivity contribution >= 4 is 0 Å². The molecule has 0 aromatic rings. The number of ether oxygens (including phenoxy) is 1. The van der Waals surface area contributed by atoms with E-state index < -0.39 is 0 Å². The molecular formula is C14H28N2O3. The molecule has 0 amide bonds. The van der Waals surface area contributed by atoms with Crippen LogP contribution in [0.3, 0.4) is 0 Å². The number of aliphatic hydroxyl groups excluding tert-OH is 2. The number of aliphatic hydroxyl groups is 2. The minimum atomic E-state index is -0.345. The van der Waals surface area contributed by atoms with Crippen LogP contribution in [0, 0.1) is 0 Å². The van der Waals surface area contributed by atoms with Crippen molar-refractivity contribution in [2.75, 3.05) is 39.3 Å². The predicted octanol–water partition coefficient (Wildman–Crippen LogP) is -0.0868. The molecule has 0 spiro atoms. The molecule has 5 heteroatoms. The predicted molar refractivity (Wildman–Crippen MR) is 74.1 cm³/mol. The third-order valence-electron chi connectivity index (χ3n) is 3.91. The van der Waals surface area contributed by atoms with E-state index in [2.05, 4.69) is 23.6 Å². The Labute approximate surface area is 116 Å². The van der Waals surface area contributed by atoms with E-state index in [0.29, 0.717) is 19.6 Å². The molecule has 0 aromatic carbocycles. The number of likely N-dealkylation sites (tertiary alicyclic amines) is 1. The largest absolute Gasteiger partial charge is 0.392 e. The van der Waals surface area contributed by atoms with Gasteiger partial charge < -0.3 is 14.9 Å². The first-order valence-corrected chi connectivity index (χ1v) is 7.49. The number of hydrogen-bond acceptors (Lipinski definition) is 5. The second-order valence-electron chi connectivity index (χ2n) is 6.19. The van der Waals surface area contributed by atoms with E-state index >= 15 is 0 Å². The van der Waals surface area contributed by atoms with Gasteiger partial charge in [0.25, 0.3) is 0 Å². The molecular weight excluding hydrogens is 244 g/mol. The normalized spacial score (nSPS) is 36.3. The summed E-state index contributed by atoms with van der Waals surface area (Å²) in [5, 5.41) is 19.8. The molecule has 5 nitrogen and oxygen atoms in total. The molecule has 19 heavy (non-hydrogen) atoms. The Hall–Kier alpha value is -0.200. The van der Waals surface area contributed by atoms with Crippen LogP contribution >= 0.6 is 0 Å². The van der Waals surface area contributed by atoms with Gasteiger partial charge in [0.15, 0.2) is 0 Å². The number of piperidine rings is 1. The van der Waals surface area contributed by atoms with Crippen molar-refractivity contribution in [1.29, 1.82) is 0 Å². The molecule has 4 atom stereocenters. The molecule has 2 heterocycles. The summed E-state index contributed by atoms with van der Waals surface area (Å²) >= 11 is 0. The molecule has 0 saturated carbocycles. The van der Waals surface area contributed by atoms with E-state index in [1.165, 1.54) is 0 Å². The number of β-amino-alcohol motifs (C(OH)–C–C–N with tert-alkyl or cyclic N) is 2. The lowest BCUT2D eigenvalue weighted by molar-refractivity contribution is -0.0789. The van der Waals surface area contributed by atoms with Crippen molar-refractivity contribution in [2.45, 2.75) is 51.1 Å². The zero-order valence-corrected chi connectivity index (χ0v) is 12.2. The molecule has 2 aliphatic heterocycles. The molecule has 0 aliphatic carbocycles. The SMILES string of the molecule is CC1CN(CC(O)CN2CCCC(O)C2)CC(C)O1. The van der Waals surface area contributed by atoms with Crippen LogP contribution in [0.2, 0.25) is 0 Å². The summed E-state index contributed by atoms with van der Waals surface area (Å²) < 4.78 is 5.70. The first kappa shape index (κ1) is 15.2. The van der Waals surface area contributed by atoms with Crippen LogP contribution < -0.4 is 0 Å². The topological polar surface area (TPSA) is 56.2 Å². The van der Waals surface area contributed by atoms with Gasteiger partial charge >= 0.3 is 0 Å². The summed E-state index contributed by atoms with van der Waals surface area (Å²) in [4.78, 5) is 4.45. The van der Waals surface area contributed by atoms with Gasteiger partial charge in [0.05, 0.1) is 24.4 Å². The van der Waals surface area contributed by atoms with Gasteiger partial charge in [-0.3, -0.25) is 9.80 Å². The Balaban J connectivity index is 1.72. The smallest absolute Gasteiger partial charge is 0.0793 e. The van der Waals surface area contributed by atoms with Crippen LogP contribution in [0.1, 0.15) is 26.7 Å². The van der Waals surface area contributed by atoms with Crippen molar-refractivity contribution in [3.05, 3.63) is 0 Å². The molecule has 4 unspecified atom stereocenters. The summed E-state index contributed by atoms with van der Waals surface area (Å²) in [6, 6.07) is 0. The molecule has 112 valence electrons. The van der Waals surface area contributed by atoms with E-state index in [4.69, 9.17) is 4.74 Å². The van der Waals surface area contributed by atoms with Gasteiger partial charge in [-0.25, -0.2) is 0 Å². The molecule has 0 aromatic heterocycles. The zero-order chi connectivity index (χ0) is 13.8. The van der Waals surface area contributed by atoms with Crippen molar-refractivity contribution < 1.29 is 14.9 Å². The van der Waals surface area contributed by atoms with Crippen LogP contribution in [0.15, 0.2) is 0 Å². The minimum absolute atomic E-state index is 0.218. The number of rotatable bonds is 4. The van der Waals surface area contributed by atoms with Gasteiger partial charge in [-0.15, -0.1) is 0 Å². The van der Waals surface area contributed by atoms with Gasteiger partial charge in [0.2, 0.25) is 0 Å². The lowest BCUT2D eigenvalue weighted by Crippen LogP contribution is -2.50. The number of hydrogen-bond donors (Lipinski definition) is 2. The maximum absolute atomic E-state index is 10.2. The fourth-order valence-corrected chi connectivity index (χ4v) is 3.28. The lowest BCUT2D eigenvalue weighted by atomic mass is 10.1. The molecule has 0 bridgehead atoms. The van der Waals surface area contributed by atoms with Gasteiger partial charge in [-0.2, -0.15) is 0 Å². The monoisotopic (exact) mass is 272 g/mol. The van der Waals surface area contributed by atoms with Crippen LogP contribution in [0.25, 0.3) is 0 Å². The molecule has 0 radical (unpaired) electrons. The quantitative estimate of drug-likeness (QED) is 0.749. The lowest BCUT2D eigenvalue weighted by Gasteiger charge is -2.37. The highest BCUT2D eigenvalue weighted by molar-refractivity contribution is 4.79. The Kier molecular flexibility index (Phi) is 5.59. The highest BCUT2D eigenvalue weighted by atomic mass is 16.5. The third-order valence-corrected chi connectivity index (χ3v) is 3.91. The van der Waals surface area contributed by atoms with Gasteiger partial charge in [-0.1, -0.05) is 0 Å². The molecule has 2 N–H and O–H groups in total. The highest BCUT2D eigenvalue weighted by Crippen LogP contribution is 2.13. The van der Waals surface area contributed by atoms with E-state index in [1.54, 1.807) is 0 Å². The third kappa shape index (κ3) is 5.00. The van der Waals surface area contributed by atoms with Crippen molar-refractivity contribution in [2.24, 2.45) is 0 Å². The second kappa shape index (κ2) is 6.99. The zero-order valence-electron chi connectivity index (χ0n) is 12.2. The molecule has 2 fully saturated rings. The summed E-state index contributed by atoms with van der Waals surface area (Å²) in [6.45, 7) is 9.00. The Morgan fingerprint density at radius 2 is 1.74 bits per heavy atom. The van der Waals surface area contributed by atoms with E-state index in [9.17, 15) is 10.2 Å². The van der Waals surface area contributed by atoms with Crippen LogP contribution in [0.4, 0.5) is 0 Å². The van der Waals surface area contributed by atoms with Crippen LogP contribution in [0.5, 0.6) is 0 Å². The van der Waals surface area contributed by atoms with Gasteiger partial charge in [-0.05, 0) is 33.2 Å². The Morgan fingerprint density at radius 1 is 1.11 bits per heavy atom. The first-order chi connectivity index (χ1) is 9.02. The molecule has 2 aliphatic rings. The average molecular weight is 272 g/mol. The highest BCUT2D eigenvalue weighted by Gasteiger charge is 2.25. The van der Waals surface area contributed by atoms with Gasteiger partial charge in [0.1, 0.15) is 0 Å². The Morgan fingerprint density at radius 3 is 2.37 bits per heavy atom. The van der Waals surface area contributed by atoms with Crippen molar-refractivity contribution in [1.82, 2.24) is 9.80 Å². The van der Waals surface area contributed by atoms with Crippen LogP contribution in [-0.2, 0) is 4.74 Å². The van der Waals surface area contributed by atoms with E-state index in [1.807, 2.05) is 0 Å². The van der Waals surface area contributed by atoms with Gasteiger partial charge in [0, 0.05) is 32.7 Å². The van der Waals surface area contributed by atoms with Crippen molar-refractivity contribution in [3.63, 3.8) is 0 Å². The fraction of sp³-hybridized carbons (Fsp3) is 1.00. The minimum Gasteiger partial charge on any atom is -0.392 e. The molecule has 2 rings (SSSR count). The maximum atomic E-state index is 10.2. The maximum Gasteiger partial charge on any atom is 0.0793 e. The number of nitrogens with zero attached hydrogens (tertiary/aromatic N) is 2. The summed E-state index contributed by atoms with van der Waals surface area (Å²) in [6.07, 6.45) is 1.85. The summed E-state index contributed by atoms with van der Waals surface area (Å²) in [7, 11) is 0. The van der Waals surface area contributed by atoms with Crippen molar-refractivity contribution in [3.8, 4) is 0 Å². The van der Waals surface area contributed by atoms with E-state index in [0.717, 1.165) is 32.5 Å². The van der Waals surface area contributed by atoms with E-state index in [-0.39, 0.29) is 24.4 Å². The van der Waals surface area contributed by atoms with Crippen LogP contribution in [-0.4, -0.2) is 83.7 Å². The summed E-state index contributed by atoms with van der Waals surface area (Å²) in [5.41, 5.74) is 0. The second-order valence-corrected chi connectivity index (χ2v) is 6.19.